The largest absolute Gasteiger partial charge is 0.478 e. The summed E-state index contributed by atoms with van der Waals surface area (Å²) in [4.78, 5) is 27.8. The van der Waals surface area contributed by atoms with E-state index in [9.17, 15) is 9.59 Å². The molecule has 7 heteroatoms. The van der Waals surface area contributed by atoms with Crippen molar-refractivity contribution in [3.8, 4) is 0 Å². The van der Waals surface area contributed by atoms with Crippen LogP contribution in [0.4, 0.5) is 5.13 Å². The van der Waals surface area contributed by atoms with E-state index >= 15 is 0 Å². The predicted octanol–water partition coefficient (Wildman–Crippen LogP) is 3.90. The minimum Gasteiger partial charge on any atom is -0.478 e. The van der Waals surface area contributed by atoms with Gasteiger partial charge in [0, 0.05) is 5.02 Å². The Morgan fingerprint density at radius 3 is 2.64 bits per heavy atom. The van der Waals surface area contributed by atoms with Crippen LogP contribution in [-0.4, -0.2) is 22.0 Å². The summed E-state index contributed by atoms with van der Waals surface area (Å²) in [5, 5.41) is 12.5. The molecule has 0 unspecified atom stereocenters. The number of rotatable bonds is 3. The Labute approximate surface area is 134 Å². The van der Waals surface area contributed by atoms with E-state index in [4.69, 9.17) is 16.7 Å². The highest BCUT2D eigenvalue weighted by atomic mass is 35.5. The van der Waals surface area contributed by atoms with Crippen molar-refractivity contribution in [1.29, 1.82) is 0 Å². The maximum absolute atomic E-state index is 12.3. The number of carboxylic acid groups (broad SMARTS) is 1. The lowest BCUT2D eigenvalue weighted by atomic mass is 10.1. The van der Waals surface area contributed by atoms with E-state index in [0.717, 1.165) is 10.2 Å². The zero-order valence-electron chi connectivity index (χ0n) is 11.0. The number of thiazole rings is 1. The van der Waals surface area contributed by atoms with Gasteiger partial charge in [0.1, 0.15) is 0 Å². The number of carbonyl (C=O) groups is 2. The average Bonchev–Trinajstić information content (AvgIpc) is 2.89. The molecule has 22 heavy (non-hydrogen) atoms. The van der Waals surface area contributed by atoms with Crippen molar-refractivity contribution in [3.63, 3.8) is 0 Å². The lowest BCUT2D eigenvalue weighted by Gasteiger charge is -2.06. The standard InChI is InChI=1S/C15H9ClN2O3S/c16-8-5-6-9(10(7-8)14(20)21)13(19)18-15-17-11-3-1-2-4-12(11)22-15/h1-7H,(H,20,21)(H,17,18,19). The van der Waals surface area contributed by atoms with Crippen molar-refractivity contribution in [3.05, 3.63) is 58.6 Å². The fourth-order valence-electron chi connectivity index (χ4n) is 1.98. The van der Waals surface area contributed by atoms with E-state index in [1.807, 2.05) is 24.3 Å². The van der Waals surface area contributed by atoms with Gasteiger partial charge in [0.2, 0.25) is 0 Å². The zero-order valence-corrected chi connectivity index (χ0v) is 12.6. The number of anilines is 1. The van der Waals surface area contributed by atoms with Crippen molar-refractivity contribution < 1.29 is 14.7 Å². The highest BCUT2D eigenvalue weighted by Gasteiger charge is 2.18. The SMILES string of the molecule is O=C(O)c1cc(Cl)ccc1C(=O)Nc1nc2ccccc2s1. The Morgan fingerprint density at radius 1 is 1.14 bits per heavy atom. The Morgan fingerprint density at radius 2 is 1.91 bits per heavy atom. The minimum absolute atomic E-state index is 0.0381. The van der Waals surface area contributed by atoms with Gasteiger partial charge < -0.3 is 5.11 Å². The summed E-state index contributed by atoms with van der Waals surface area (Å²) < 4.78 is 0.937. The summed E-state index contributed by atoms with van der Waals surface area (Å²) in [6.45, 7) is 0. The summed E-state index contributed by atoms with van der Waals surface area (Å²) in [5.74, 6) is -1.75. The van der Waals surface area contributed by atoms with Crippen LogP contribution >= 0.6 is 22.9 Å². The lowest BCUT2D eigenvalue weighted by molar-refractivity contribution is 0.0692. The van der Waals surface area contributed by atoms with Crippen molar-refractivity contribution in [1.82, 2.24) is 4.98 Å². The molecule has 0 atom stereocenters. The predicted molar refractivity (Wildman–Crippen MR) is 86.0 cm³/mol. The molecule has 5 nitrogen and oxygen atoms in total. The van der Waals surface area contributed by atoms with Crippen LogP contribution in [0.5, 0.6) is 0 Å². The van der Waals surface area contributed by atoms with E-state index in [2.05, 4.69) is 10.3 Å². The molecule has 2 aromatic carbocycles. The van der Waals surface area contributed by atoms with Gasteiger partial charge in [-0.05, 0) is 30.3 Å². The molecule has 2 N–H and O–H groups in total. The van der Waals surface area contributed by atoms with Crippen LogP contribution in [0.15, 0.2) is 42.5 Å². The number of halogens is 1. The molecule has 3 rings (SSSR count). The Hall–Kier alpha value is -2.44. The van der Waals surface area contributed by atoms with E-state index in [1.165, 1.54) is 29.5 Å². The van der Waals surface area contributed by atoms with Gasteiger partial charge in [-0.25, -0.2) is 9.78 Å². The molecule has 110 valence electrons. The topological polar surface area (TPSA) is 79.3 Å². The van der Waals surface area contributed by atoms with Crippen molar-refractivity contribution in [2.75, 3.05) is 5.32 Å². The van der Waals surface area contributed by atoms with Gasteiger partial charge in [-0.15, -0.1) is 0 Å². The third kappa shape index (κ3) is 2.79. The molecule has 0 spiro atoms. The number of fused-ring (bicyclic) bond motifs is 1. The first-order valence-corrected chi connectivity index (χ1v) is 7.44. The number of nitrogens with one attached hydrogen (secondary N) is 1. The molecule has 0 saturated carbocycles. The summed E-state index contributed by atoms with van der Waals surface area (Å²) in [7, 11) is 0. The number of aromatic nitrogens is 1. The van der Waals surface area contributed by atoms with Gasteiger partial charge in [0.15, 0.2) is 5.13 Å². The molecule has 3 aromatic rings. The molecule has 0 aliphatic rings. The molecule has 0 fully saturated rings. The molecular weight excluding hydrogens is 324 g/mol. The van der Waals surface area contributed by atoms with Crippen LogP contribution < -0.4 is 5.32 Å². The quantitative estimate of drug-likeness (QED) is 0.762. The molecule has 0 saturated heterocycles. The van der Waals surface area contributed by atoms with Gasteiger partial charge >= 0.3 is 5.97 Å². The third-order valence-electron chi connectivity index (χ3n) is 2.97. The van der Waals surface area contributed by atoms with Crippen LogP contribution in [0, 0.1) is 0 Å². The van der Waals surface area contributed by atoms with Crippen LogP contribution in [0.1, 0.15) is 20.7 Å². The fraction of sp³-hybridized carbons (Fsp3) is 0. The second-order valence-electron chi connectivity index (χ2n) is 4.44. The maximum Gasteiger partial charge on any atom is 0.336 e. The number of amides is 1. The van der Waals surface area contributed by atoms with E-state index in [1.54, 1.807) is 0 Å². The summed E-state index contributed by atoms with van der Waals surface area (Å²) in [6, 6.07) is 11.6. The van der Waals surface area contributed by atoms with Crippen LogP contribution in [0.25, 0.3) is 10.2 Å². The van der Waals surface area contributed by atoms with E-state index in [0.29, 0.717) is 5.13 Å². The number of carbonyl (C=O) groups excluding carboxylic acids is 1. The Balaban J connectivity index is 1.93. The number of para-hydroxylation sites is 1. The second-order valence-corrected chi connectivity index (χ2v) is 5.90. The molecule has 0 aliphatic heterocycles. The number of aromatic carboxylic acids is 1. The number of nitrogens with zero attached hydrogens (tertiary/aromatic N) is 1. The molecule has 1 aromatic heterocycles. The van der Waals surface area contributed by atoms with E-state index in [-0.39, 0.29) is 16.1 Å². The van der Waals surface area contributed by atoms with Gasteiger partial charge in [-0.1, -0.05) is 35.1 Å². The second kappa shape index (κ2) is 5.75. The van der Waals surface area contributed by atoms with Gasteiger partial charge in [-0.2, -0.15) is 0 Å². The maximum atomic E-state index is 12.3. The zero-order chi connectivity index (χ0) is 15.7. The fourth-order valence-corrected chi connectivity index (χ4v) is 3.01. The van der Waals surface area contributed by atoms with E-state index < -0.39 is 11.9 Å². The smallest absolute Gasteiger partial charge is 0.336 e. The van der Waals surface area contributed by atoms with Crippen LogP contribution in [0.3, 0.4) is 0 Å². The molecule has 1 heterocycles. The first kappa shape index (κ1) is 14.5. The number of benzene rings is 2. The van der Waals surface area contributed by atoms with Crippen LogP contribution in [0.2, 0.25) is 5.02 Å². The first-order chi connectivity index (χ1) is 10.5. The summed E-state index contributed by atoms with van der Waals surface area (Å²) >= 11 is 7.10. The van der Waals surface area contributed by atoms with Gasteiger partial charge in [0.05, 0.1) is 21.3 Å². The molecule has 0 aliphatic carbocycles. The Kier molecular flexibility index (Phi) is 3.79. The van der Waals surface area contributed by atoms with Crippen molar-refractivity contribution >= 4 is 50.2 Å². The van der Waals surface area contributed by atoms with Gasteiger partial charge in [0.25, 0.3) is 5.91 Å². The van der Waals surface area contributed by atoms with Crippen LogP contribution in [-0.2, 0) is 0 Å². The highest BCUT2D eigenvalue weighted by Crippen LogP contribution is 2.26. The lowest BCUT2D eigenvalue weighted by Crippen LogP contribution is -2.16. The molecule has 0 radical (unpaired) electrons. The minimum atomic E-state index is -1.21. The first-order valence-electron chi connectivity index (χ1n) is 6.24. The number of carboxylic acids is 1. The third-order valence-corrected chi connectivity index (χ3v) is 4.16. The average molecular weight is 333 g/mol. The number of hydrogen-bond acceptors (Lipinski definition) is 4. The van der Waals surface area contributed by atoms with Gasteiger partial charge in [-0.3, -0.25) is 10.1 Å². The molecule has 1 amide bonds. The summed E-state index contributed by atoms with van der Waals surface area (Å²) in [6.07, 6.45) is 0. The highest BCUT2D eigenvalue weighted by molar-refractivity contribution is 7.22. The Bertz CT molecular complexity index is 858. The normalized spacial score (nSPS) is 10.6. The molecular formula is C15H9ClN2O3S. The summed E-state index contributed by atoms with van der Waals surface area (Å²) in [5.41, 5.74) is 0.666. The van der Waals surface area contributed by atoms with Crippen molar-refractivity contribution in [2.45, 2.75) is 0 Å². The number of hydrogen-bond donors (Lipinski definition) is 2. The monoisotopic (exact) mass is 332 g/mol. The molecule has 0 bridgehead atoms. The van der Waals surface area contributed by atoms with Crippen molar-refractivity contribution in [2.24, 2.45) is 0 Å².